The molecular weight excluding hydrogens is 372 g/mol. The van der Waals surface area contributed by atoms with Crippen molar-refractivity contribution in [2.75, 3.05) is 20.2 Å². The number of methoxy groups -OCH3 is 1. The number of nitrogens with zero attached hydrogens (tertiary/aromatic N) is 3. The SMILES string of the molecule is COC(C)c1noc(CN(Cc2ccsc2)C2CC23CCNCC3)n1.Cl. The first-order valence-electron chi connectivity index (χ1n) is 9.01. The van der Waals surface area contributed by atoms with E-state index in [4.69, 9.17) is 9.26 Å². The van der Waals surface area contributed by atoms with Crippen LogP contribution in [-0.4, -0.2) is 41.3 Å². The van der Waals surface area contributed by atoms with Crippen molar-refractivity contribution in [3.63, 3.8) is 0 Å². The molecule has 1 aliphatic carbocycles. The summed E-state index contributed by atoms with van der Waals surface area (Å²) >= 11 is 1.75. The molecule has 8 heteroatoms. The second-order valence-electron chi connectivity index (χ2n) is 7.29. The van der Waals surface area contributed by atoms with Crippen LogP contribution >= 0.6 is 23.7 Å². The van der Waals surface area contributed by atoms with Gasteiger partial charge in [-0.05, 0) is 67.1 Å². The van der Waals surface area contributed by atoms with Crippen molar-refractivity contribution in [3.05, 3.63) is 34.1 Å². The van der Waals surface area contributed by atoms with Crippen molar-refractivity contribution >= 4 is 23.7 Å². The summed E-state index contributed by atoms with van der Waals surface area (Å²) in [5.41, 5.74) is 1.86. The molecule has 1 saturated carbocycles. The summed E-state index contributed by atoms with van der Waals surface area (Å²) in [5.74, 6) is 1.31. The van der Waals surface area contributed by atoms with Crippen molar-refractivity contribution in [1.29, 1.82) is 0 Å². The van der Waals surface area contributed by atoms with Gasteiger partial charge in [-0.2, -0.15) is 16.3 Å². The Bertz CT molecular complexity index is 687. The summed E-state index contributed by atoms with van der Waals surface area (Å²) in [6.45, 7) is 5.86. The van der Waals surface area contributed by atoms with E-state index in [0.29, 0.717) is 29.7 Å². The van der Waals surface area contributed by atoms with Crippen LogP contribution in [0.5, 0.6) is 0 Å². The minimum Gasteiger partial charge on any atom is -0.374 e. The maximum absolute atomic E-state index is 5.50. The first-order chi connectivity index (χ1) is 12.2. The Morgan fingerprint density at radius 3 is 2.92 bits per heavy atom. The lowest BCUT2D eigenvalue weighted by atomic mass is 9.93. The predicted octanol–water partition coefficient (Wildman–Crippen LogP) is 3.40. The van der Waals surface area contributed by atoms with Crippen molar-refractivity contribution in [2.45, 2.75) is 51.4 Å². The number of ether oxygens (including phenoxy) is 1. The first-order valence-corrected chi connectivity index (χ1v) is 9.95. The summed E-state index contributed by atoms with van der Waals surface area (Å²) in [4.78, 5) is 7.07. The van der Waals surface area contributed by atoms with Gasteiger partial charge in [-0.1, -0.05) is 5.16 Å². The van der Waals surface area contributed by atoms with Crippen LogP contribution in [0.3, 0.4) is 0 Å². The van der Waals surface area contributed by atoms with Gasteiger partial charge >= 0.3 is 0 Å². The minimum absolute atomic E-state index is 0. The summed E-state index contributed by atoms with van der Waals surface area (Å²) < 4.78 is 10.8. The third-order valence-electron chi connectivity index (χ3n) is 5.69. The van der Waals surface area contributed by atoms with Gasteiger partial charge in [0.05, 0.1) is 6.54 Å². The van der Waals surface area contributed by atoms with E-state index in [-0.39, 0.29) is 18.5 Å². The highest BCUT2D eigenvalue weighted by atomic mass is 35.5. The second kappa shape index (κ2) is 8.35. The number of rotatable bonds is 7. The molecule has 2 aromatic heterocycles. The number of halogens is 1. The van der Waals surface area contributed by atoms with Gasteiger partial charge in [0, 0.05) is 19.7 Å². The summed E-state index contributed by atoms with van der Waals surface area (Å²) in [6.07, 6.45) is 3.69. The molecule has 144 valence electrons. The molecule has 1 aliphatic heterocycles. The zero-order valence-corrected chi connectivity index (χ0v) is 16.9. The largest absolute Gasteiger partial charge is 0.374 e. The molecule has 2 atom stereocenters. The van der Waals surface area contributed by atoms with E-state index in [0.717, 1.165) is 19.6 Å². The van der Waals surface area contributed by atoms with Gasteiger partial charge in [-0.25, -0.2) is 0 Å². The van der Waals surface area contributed by atoms with Crippen LogP contribution < -0.4 is 5.32 Å². The minimum atomic E-state index is -0.139. The molecular formula is C18H27ClN4O2S. The number of aromatic nitrogens is 2. The van der Waals surface area contributed by atoms with E-state index in [1.165, 1.54) is 24.8 Å². The van der Waals surface area contributed by atoms with Crippen molar-refractivity contribution < 1.29 is 9.26 Å². The van der Waals surface area contributed by atoms with E-state index in [2.05, 4.69) is 37.2 Å². The van der Waals surface area contributed by atoms with Crippen molar-refractivity contribution in [1.82, 2.24) is 20.4 Å². The number of hydrogen-bond acceptors (Lipinski definition) is 7. The van der Waals surface area contributed by atoms with E-state index in [1.807, 2.05) is 6.92 Å². The maximum atomic E-state index is 5.50. The molecule has 1 saturated heterocycles. The number of thiophene rings is 1. The highest BCUT2D eigenvalue weighted by Gasteiger charge is 2.56. The fraction of sp³-hybridized carbons (Fsp3) is 0.667. The number of piperidine rings is 1. The summed E-state index contributed by atoms with van der Waals surface area (Å²) in [5, 5.41) is 11.9. The van der Waals surface area contributed by atoms with E-state index < -0.39 is 0 Å². The molecule has 0 amide bonds. The molecule has 2 aromatic rings. The van der Waals surface area contributed by atoms with Crippen LogP contribution in [0.2, 0.25) is 0 Å². The zero-order valence-electron chi connectivity index (χ0n) is 15.3. The smallest absolute Gasteiger partial charge is 0.240 e. The quantitative estimate of drug-likeness (QED) is 0.771. The molecule has 1 spiro atoms. The third kappa shape index (κ3) is 4.12. The Hall–Kier alpha value is -0.990. The van der Waals surface area contributed by atoms with Crippen molar-refractivity contribution in [3.8, 4) is 0 Å². The predicted molar refractivity (Wildman–Crippen MR) is 103 cm³/mol. The lowest BCUT2D eigenvalue weighted by Gasteiger charge is -2.28. The Labute approximate surface area is 164 Å². The molecule has 0 aromatic carbocycles. The molecule has 0 radical (unpaired) electrons. The molecule has 2 unspecified atom stereocenters. The molecule has 2 fully saturated rings. The van der Waals surface area contributed by atoms with E-state index in [1.54, 1.807) is 18.4 Å². The molecule has 3 heterocycles. The van der Waals surface area contributed by atoms with Crippen molar-refractivity contribution in [2.24, 2.45) is 5.41 Å². The molecule has 6 nitrogen and oxygen atoms in total. The lowest BCUT2D eigenvalue weighted by Crippen LogP contribution is -2.35. The van der Waals surface area contributed by atoms with Gasteiger partial charge in [0.1, 0.15) is 6.10 Å². The Morgan fingerprint density at radius 2 is 2.23 bits per heavy atom. The highest BCUT2D eigenvalue weighted by molar-refractivity contribution is 7.07. The number of nitrogens with one attached hydrogen (secondary N) is 1. The molecule has 26 heavy (non-hydrogen) atoms. The Kier molecular flexibility index (Phi) is 6.35. The molecule has 1 N–H and O–H groups in total. The van der Waals surface area contributed by atoms with Gasteiger partial charge < -0.3 is 14.6 Å². The second-order valence-corrected chi connectivity index (χ2v) is 8.07. The standard InChI is InChI=1S/C18H26N4O2S.ClH/c1-13(23-2)17-20-16(24-21-17)11-22(10-14-3-8-25-12-14)15-9-18(15)4-6-19-7-5-18;/h3,8,12-13,15,19H,4-7,9-11H2,1-2H3;1H. The van der Waals surface area contributed by atoms with Crippen LogP contribution in [0.15, 0.2) is 21.3 Å². The van der Waals surface area contributed by atoms with Crippen LogP contribution in [0.1, 0.15) is 49.6 Å². The lowest BCUT2D eigenvalue weighted by molar-refractivity contribution is 0.109. The van der Waals surface area contributed by atoms with Gasteiger partial charge in [0.25, 0.3) is 0 Å². The average molecular weight is 399 g/mol. The van der Waals surface area contributed by atoms with E-state index in [9.17, 15) is 0 Å². The average Bonchev–Trinajstić information content (AvgIpc) is 3.03. The normalized spacial score (nSPS) is 22.3. The van der Waals surface area contributed by atoms with Crippen LogP contribution in [-0.2, 0) is 17.8 Å². The topological polar surface area (TPSA) is 63.4 Å². The summed E-state index contributed by atoms with van der Waals surface area (Å²) in [7, 11) is 1.66. The first kappa shape index (κ1) is 19.8. The zero-order chi connectivity index (χ0) is 17.3. The van der Waals surface area contributed by atoms with Gasteiger partial charge in [0.15, 0.2) is 5.82 Å². The molecule has 0 bridgehead atoms. The fourth-order valence-electron chi connectivity index (χ4n) is 3.97. The Morgan fingerprint density at radius 1 is 1.42 bits per heavy atom. The summed E-state index contributed by atoms with van der Waals surface area (Å²) in [6, 6.07) is 2.83. The van der Waals surface area contributed by atoms with Crippen LogP contribution in [0.25, 0.3) is 0 Å². The van der Waals surface area contributed by atoms with Gasteiger partial charge in [-0.15, -0.1) is 12.4 Å². The third-order valence-corrected chi connectivity index (χ3v) is 6.42. The van der Waals surface area contributed by atoms with Gasteiger partial charge in [0.2, 0.25) is 5.89 Å². The fourth-order valence-corrected chi connectivity index (χ4v) is 4.63. The Balaban J connectivity index is 0.00000196. The maximum Gasteiger partial charge on any atom is 0.240 e. The monoisotopic (exact) mass is 398 g/mol. The molecule has 2 aliphatic rings. The van der Waals surface area contributed by atoms with Gasteiger partial charge in [-0.3, -0.25) is 4.90 Å². The van der Waals surface area contributed by atoms with Crippen LogP contribution in [0, 0.1) is 5.41 Å². The highest BCUT2D eigenvalue weighted by Crippen LogP contribution is 2.56. The number of hydrogen-bond donors (Lipinski definition) is 1. The van der Waals surface area contributed by atoms with Crippen LogP contribution in [0.4, 0.5) is 0 Å². The van der Waals surface area contributed by atoms with E-state index >= 15 is 0 Å². The molecule has 4 rings (SSSR count).